The molecule has 0 saturated carbocycles. The third kappa shape index (κ3) is 2.07. The summed E-state index contributed by atoms with van der Waals surface area (Å²) in [6.45, 7) is 0. The highest BCUT2D eigenvalue weighted by atomic mass is 16.5. The van der Waals surface area contributed by atoms with E-state index in [1.807, 2.05) is 30.3 Å². The largest absolute Gasteiger partial charge is 0.497 e. The van der Waals surface area contributed by atoms with Crippen molar-refractivity contribution < 1.29 is 4.74 Å². The minimum Gasteiger partial charge on any atom is -0.497 e. The van der Waals surface area contributed by atoms with Crippen molar-refractivity contribution in [2.45, 2.75) is 0 Å². The molecule has 0 aliphatic rings. The maximum atomic E-state index is 6.00. The Morgan fingerprint density at radius 1 is 1.05 bits per heavy atom. The van der Waals surface area contributed by atoms with Crippen LogP contribution in [0.5, 0.6) is 5.75 Å². The van der Waals surface area contributed by atoms with Crippen molar-refractivity contribution in [2.24, 2.45) is 0 Å². The Hall–Kier alpha value is -2.89. The fourth-order valence-electron chi connectivity index (χ4n) is 1.99. The highest BCUT2D eigenvalue weighted by Crippen LogP contribution is 2.28. The molecule has 4 N–H and O–H groups in total. The molecule has 2 aromatic heterocycles. The molecular weight excluding hydrogens is 254 g/mol. The first-order valence-electron chi connectivity index (χ1n) is 6.00. The molecular formula is C14H13N5O. The molecule has 0 aliphatic heterocycles. The van der Waals surface area contributed by atoms with Gasteiger partial charge in [0.1, 0.15) is 11.6 Å². The number of aromatic nitrogens is 3. The summed E-state index contributed by atoms with van der Waals surface area (Å²) in [6.07, 6.45) is 1.64. The van der Waals surface area contributed by atoms with Gasteiger partial charge in [-0.05, 0) is 23.8 Å². The zero-order valence-corrected chi connectivity index (χ0v) is 10.9. The van der Waals surface area contributed by atoms with Crippen LogP contribution >= 0.6 is 0 Å². The fraction of sp³-hybridized carbons (Fsp3) is 0.0714. The van der Waals surface area contributed by atoms with Crippen LogP contribution in [0.2, 0.25) is 0 Å². The number of nitrogen functional groups attached to an aromatic ring is 2. The predicted molar refractivity (Wildman–Crippen MR) is 78.1 cm³/mol. The van der Waals surface area contributed by atoms with Gasteiger partial charge >= 0.3 is 0 Å². The van der Waals surface area contributed by atoms with Crippen LogP contribution in [0, 0.1) is 0 Å². The first-order valence-corrected chi connectivity index (χ1v) is 6.00. The molecule has 6 nitrogen and oxygen atoms in total. The van der Waals surface area contributed by atoms with Gasteiger partial charge in [-0.2, -0.15) is 4.98 Å². The molecule has 0 aliphatic carbocycles. The van der Waals surface area contributed by atoms with Crippen molar-refractivity contribution >= 4 is 22.8 Å². The van der Waals surface area contributed by atoms with Crippen LogP contribution in [0.3, 0.4) is 0 Å². The SMILES string of the molecule is COc1ccc(-c2cc3cnc(N)nc3nc2N)cc1. The molecule has 0 bridgehead atoms. The molecule has 0 spiro atoms. The summed E-state index contributed by atoms with van der Waals surface area (Å²) in [7, 11) is 1.63. The lowest BCUT2D eigenvalue weighted by molar-refractivity contribution is 0.415. The minimum absolute atomic E-state index is 0.182. The molecule has 6 heteroatoms. The quantitative estimate of drug-likeness (QED) is 0.735. The van der Waals surface area contributed by atoms with Gasteiger partial charge in [0.15, 0.2) is 5.65 Å². The average Bonchev–Trinajstić information content (AvgIpc) is 2.46. The van der Waals surface area contributed by atoms with Crippen LogP contribution in [0.25, 0.3) is 22.2 Å². The lowest BCUT2D eigenvalue weighted by atomic mass is 10.1. The topological polar surface area (TPSA) is 99.9 Å². The van der Waals surface area contributed by atoms with Gasteiger partial charge in [-0.25, -0.2) is 9.97 Å². The van der Waals surface area contributed by atoms with Crippen LogP contribution in [0.4, 0.5) is 11.8 Å². The Morgan fingerprint density at radius 2 is 1.80 bits per heavy atom. The number of hydrogen-bond donors (Lipinski definition) is 2. The third-order valence-corrected chi connectivity index (χ3v) is 3.02. The molecule has 20 heavy (non-hydrogen) atoms. The van der Waals surface area contributed by atoms with E-state index in [4.69, 9.17) is 16.2 Å². The number of ether oxygens (including phenoxy) is 1. The second-order valence-corrected chi connectivity index (χ2v) is 4.29. The Bertz CT molecular complexity index is 770. The van der Waals surface area contributed by atoms with E-state index < -0.39 is 0 Å². The van der Waals surface area contributed by atoms with Crippen LogP contribution < -0.4 is 16.2 Å². The van der Waals surface area contributed by atoms with Crippen molar-refractivity contribution in [3.8, 4) is 16.9 Å². The molecule has 3 rings (SSSR count). The van der Waals surface area contributed by atoms with Crippen LogP contribution in [-0.4, -0.2) is 22.1 Å². The lowest BCUT2D eigenvalue weighted by Gasteiger charge is -2.08. The number of pyridine rings is 1. The maximum Gasteiger partial charge on any atom is 0.222 e. The molecule has 0 amide bonds. The standard InChI is InChI=1S/C14H13N5O/c1-20-10-4-2-8(3-5-10)11-6-9-7-17-14(16)19-13(9)18-12(11)15/h2-7H,1H3,(H4,15,16,17,18,19). The van der Waals surface area contributed by atoms with Gasteiger partial charge < -0.3 is 16.2 Å². The lowest BCUT2D eigenvalue weighted by Crippen LogP contribution is -2.00. The highest BCUT2D eigenvalue weighted by molar-refractivity contribution is 5.86. The Kier molecular flexibility index (Phi) is 2.83. The van der Waals surface area contributed by atoms with Crippen LogP contribution in [0.1, 0.15) is 0 Å². The van der Waals surface area contributed by atoms with Gasteiger partial charge in [0, 0.05) is 17.1 Å². The zero-order chi connectivity index (χ0) is 14.1. The summed E-state index contributed by atoms with van der Waals surface area (Å²) in [6, 6.07) is 9.50. The molecule has 0 atom stereocenters. The van der Waals surface area contributed by atoms with E-state index in [1.165, 1.54) is 0 Å². The molecule has 1 aromatic carbocycles. The number of nitrogens with two attached hydrogens (primary N) is 2. The molecule has 0 unspecified atom stereocenters. The predicted octanol–water partition coefficient (Wildman–Crippen LogP) is 1.86. The summed E-state index contributed by atoms with van der Waals surface area (Å²) < 4.78 is 5.14. The van der Waals surface area contributed by atoms with E-state index in [-0.39, 0.29) is 5.95 Å². The highest BCUT2D eigenvalue weighted by Gasteiger charge is 2.08. The van der Waals surface area contributed by atoms with Gasteiger partial charge in [0.05, 0.1) is 7.11 Å². The van der Waals surface area contributed by atoms with Gasteiger partial charge in [-0.3, -0.25) is 0 Å². The van der Waals surface area contributed by atoms with Gasteiger partial charge in [0.25, 0.3) is 0 Å². The van der Waals surface area contributed by atoms with Crippen molar-refractivity contribution in [3.63, 3.8) is 0 Å². The van der Waals surface area contributed by atoms with E-state index in [0.717, 1.165) is 22.3 Å². The van der Waals surface area contributed by atoms with Crippen LogP contribution in [-0.2, 0) is 0 Å². The van der Waals surface area contributed by atoms with Crippen molar-refractivity contribution in [1.29, 1.82) is 0 Å². The third-order valence-electron chi connectivity index (χ3n) is 3.02. The first-order chi connectivity index (χ1) is 9.67. The second kappa shape index (κ2) is 4.65. The fourth-order valence-corrected chi connectivity index (χ4v) is 1.99. The number of benzene rings is 1. The summed E-state index contributed by atoms with van der Waals surface area (Å²) in [5.74, 6) is 1.37. The molecule has 0 fully saturated rings. The maximum absolute atomic E-state index is 6.00. The van der Waals surface area contributed by atoms with Crippen molar-refractivity contribution in [1.82, 2.24) is 15.0 Å². The number of nitrogens with zero attached hydrogens (tertiary/aromatic N) is 3. The molecule has 3 aromatic rings. The summed E-state index contributed by atoms with van der Waals surface area (Å²) in [5.41, 5.74) is 13.8. The Labute approximate surface area is 115 Å². The number of hydrogen-bond acceptors (Lipinski definition) is 6. The Balaban J connectivity index is 2.14. The monoisotopic (exact) mass is 267 g/mol. The number of fused-ring (bicyclic) bond motifs is 1. The minimum atomic E-state index is 0.182. The first kappa shape index (κ1) is 12.2. The van der Waals surface area contributed by atoms with Gasteiger partial charge in [-0.1, -0.05) is 12.1 Å². The average molecular weight is 267 g/mol. The van der Waals surface area contributed by atoms with Crippen molar-refractivity contribution in [2.75, 3.05) is 18.6 Å². The second-order valence-electron chi connectivity index (χ2n) is 4.29. The molecule has 2 heterocycles. The van der Waals surface area contributed by atoms with Crippen molar-refractivity contribution in [3.05, 3.63) is 36.5 Å². The van der Waals surface area contributed by atoms with E-state index >= 15 is 0 Å². The number of anilines is 2. The summed E-state index contributed by atoms with van der Waals surface area (Å²) >= 11 is 0. The van der Waals surface area contributed by atoms with Gasteiger partial charge in [0.2, 0.25) is 5.95 Å². The van der Waals surface area contributed by atoms with E-state index in [9.17, 15) is 0 Å². The number of methoxy groups -OCH3 is 1. The molecule has 100 valence electrons. The molecule has 0 radical (unpaired) electrons. The van der Waals surface area contributed by atoms with Gasteiger partial charge in [-0.15, -0.1) is 0 Å². The number of rotatable bonds is 2. The molecule has 0 saturated heterocycles. The normalized spacial score (nSPS) is 10.7. The zero-order valence-electron chi connectivity index (χ0n) is 10.9. The summed E-state index contributed by atoms with van der Waals surface area (Å²) in [5, 5.41) is 0.791. The van der Waals surface area contributed by atoms with E-state index in [1.54, 1.807) is 13.3 Å². The Morgan fingerprint density at radius 3 is 2.50 bits per heavy atom. The van der Waals surface area contributed by atoms with E-state index in [0.29, 0.717) is 11.5 Å². The van der Waals surface area contributed by atoms with E-state index in [2.05, 4.69) is 15.0 Å². The van der Waals surface area contributed by atoms with Crippen LogP contribution in [0.15, 0.2) is 36.5 Å². The smallest absolute Gasteiger partial charge is 0.222 e. The summed E-state index contributed by atoms with van der Waals surface area (Å²) in [4.78, 5) is 12.3.